The molecule has 110 valence electrons. The molecule has 1 heterocycles. The molecule has 5 heteroatoms. The third kappa shape index (κ3) is 3.35. The summed E-state index contributed by atoms with van der Waals surface area (Å²) in [5.41, 5.74) is 2.51. The van der Waals surface area contributed by atoms with Crippen molar-refractivity contribution in [3.05, 3.63) is 83.1 Å². The fraction of sp³-hybridized carbons (Fsp3) is 0.0588. The van der Waals surface area contributed by atoms with Gasteiger partial charge in [-0.3, -0.25) is 4.79 Å². The largest absolute Gasteiger partial charge is 0.348 e. The predicted molar refractivity (Wildman–Crippen MR) is 86.2 cm³/mol. The molecule has 22 heavy (non-hydrogen) atoms. The first kappa shape index (κ1) is 14.4. The molecule has 0 fully saturated rings. The first-order valence-corrected chi connectivity index (χ1v) is 7.23. The normalized spacial score (nSPS) is 10.4. The van der Waals surface area contributed by atoms with Gasteiger partial charge in [0.1, 0.15) is 0 Å². The predicted octanol–water partition coefficient (Wildman–Crippen LogP) is 3.46. The van der Waals surface area contributed by atoms with Gasteiger partial charge in [-0.05, 0) is 42.0 Å². The summed E-state index contributed by atoms with van der Waals surface area (Å²) in [6.07, 6.45) is 3.61. The van der Waals surface area contributed by atoms with Crippen LogP contribution in [0, 0.1) is 0 Å². The van der Waals surface area contributed by atoms with Crippen LogP contribution in [-0.2, 0) is 6.54 Å². The number of carbonyl (C=O) groups excluding carboxylic acids is 1. The Balaban J connectivity index is 1.69. The van der Waals surface area contributed by atoms with E-state index in [4.69, 9.17) is 11.6 Å². The van der Waals surface area contributed by atoms with E-state index in [1.165, 1.54) is 0 Å². The lowest BCUT2D eigenvalue weighted by atomic mass is 10.2. The molecule has 1 N–H and O–H groups in total. The molecule has 0 radical (unpaired) electrons. The van der Waals surface area contributed by atoms with E-state index >= 15 is 0 Å². The van der Waals surface area contributed by atoms with Crippen molar-refractivity contribution >= 4 is 17.5 Å². The van der Waals surface area contributed by atoms with Crippen LogP contribution in [0.25, 0.3) is 5.69 Å². The topological polar surface area (TPSA) is 46.9 Å². The molecule has 1 amide bonds. The maximum Gasteiger partial charge on any atom is 0.251 e. The van der Waals surface area contributed by atoms with Gasteiger partial charge in [0.2, 0.25) is 0 Å². The molecule has 3 rings (SSSR count). The molecule has 1 aromatic heterocycles. The summed E-state index contributed by atoms with van der Waals surface area (Å²) in [7, 11) is 0. The number of halogens is 1. The quantitative estimate of drug-likeness (QED) is 0.802. The van der Waals surface area contributed by atoms with Crippen molar-refractivity contribution in [1.29, 1.82) is 0 Å². The first-order chi connectivity index (χ1) is 10.7. The van der Waals surface area contributed by atoms with Crippen LogP contribution in [0.3, 0.4) is 0 Å². The fourth-order valence-corrected chi connectivity index (χ4v) is 2.33. The minimum atomic E-state index is -0.146. The number of aromatic nitrogens is 2. The molecular formula is C17H14ClN3O. The molecule has 4 nitrogen and oxygen atoms in total. The summed E-state index contributed by atoms with van der Waals surface area (Å²) in [6.45, 7) is 0.445. The van der Waals surface area contributed by atoms with E-state index in [0.717, 1.165) is 11.3 Å². The lowest BCUT2D eigenvalue weighted by molar-refractivity contribution is 0.0951. The van der Waals surface area contributed by atoms with Gasteiger partial charge in [0.25, 0.3) is 5.91 Å². The zero-order valence-corrected chi connectivity index (χ0v) is 12.5. The Kier molecular flexibility index (Phi) is 4.21. The van der Waals surface area contributed by atoms with Crippen LogP contribution < -0.4 is 5.32 Å². The second-order valence-corrected chi connectivity index (χ2v) is 5.25. The first-order valence-electron chi connectivity index (χ1n) is 6.85. The van der Waals surface area contributed by atoms with Crippen LogP contribution in [0.5, 0.6) is 0 Å². The van der Waals surface area contributed by atoms with Crippen LogP contribution in [0.2, 0.25) is 5.02 Å². The Morgan fingerprint density at radius 1 is 1.14 bits per heavy atom. The lowest BCUT2D eigenvalue weighted by Gasteiger charge is -2.08. The summed E-state index contributed by atoms with van der Waals surface area (Å²) >= 11 is 5.89. The van der Waals surface area contributed by atoms with Crippen molar-refractivity contribution < 1.29 is 4.79 Å². The van der Waals surface area contributed by atoms with Gasteiger partial charge in [-0.25, -0.2) is 4.68 Å². The molecule has 0 unspecified atom stereocenters. The standard InChI is InChI=1S/C17H14ClN3O/c18-15-6-2-5-14(11-15)17(22)19-12-13-4-1-7-16(10-13)21-9-3-8-20-21/h1-11H,12H2,(H,19,22). The van der Waals surface area contributed by atoms with Gasteiger partial charge >= 0.3 is 0 Å². The highest BCUT2D eigenvalue weighted by Gasteiger charge is 2.06. The molecule has 0 aliphatic heterocycles. The van der Waals surface area contributed by atoms with Gasteiger partial charge < -0.3 is 5.32 Å². The van der Waals surface area contributed by atoms with Crippen molar-refractivity contribution in [3.63, 3.8) is 0 Å². The maximum absolute atomic E-state index is 12.1. The number of carbonyl (C=O) groups is 1. The zero-order valence-electron chi connectivity index (χ0n) is 11.7. The molecular weight excluding hydrogens is 298 g/mol. The van der Waals surface area contributed by atoms with E-state index in [-0.39, 0.29) is 5.91 Å². The maximum atomic E-state index is 12.1. The smallest absolute Gasteiger partial charge is 0.251 e. The van der Waals surface area contributed by atoms with E-state index in [2.05, 4.69) is 10.4 Å². The van der Waals surface area contributed by atoms with Crippen LogP contribution in [-0.4, -0.2) is 15.7 Å². The number of hydrogen-bond acceptors (Lipinski definition) is 2. The molecule has 0 aliphatic rings. The third-order valence-electron chi connectivity index (χ3n) is 3.22. The monoisotopic (exact) mass is 311 g/mol. The lowest BCUT2D eigenvalue weighted by Crippen LogP contribution is -2.22. The number of amides is 1. The second kappa shape index (κ2) is 6.45. The molecule has 0 spiro atoms. The number of nitrogens with one attached hydrogen (secondary N) is 1. The highest BCUT2D eigenvalue weighted by molar-refractivity contribution is 6.30. The van der Waals surface area contributed by atoms with E-state index in [1.807, 2.05) is 36.5 Å². The summed E-state index contributed by atoms with van der Waals surface area (Å²) in [5.74, 6) is -0.146. The molecule has 2 aromatic carbocycles. The summed E-state index contributed by atoms with van der Waals surface area (Å²) in [5, 5.41) is 7.63. The van der Waals surface area contributed by atoms with E-state index < -0.39 is 0 Å². The van der Waals surface area contributed by atoms with E-state index in [0.29, 0.717) is 17.1 Å². The van der Waals surface area contributed by atoms with Gasteiger partial charge in [0, 0.05) is 29.5 Å². The van der Waals surface area contributed by atoms with Crippen molar-refractivity contribution in [2.45, 2.75) is 6.54 Å². The number of hydrogen-bond donors (Lipinski definition) is 1. The van der Waals surface area contributed by atoms with Gasteiger partial charge in [-0.15, -0.1) is 0 Å². The Hall–Kier alpha value is -2.59. The Morgan fingerprint density at radius 2 is 2.00 bits per heavy atom. The fourth-order valence-electron chi connectivity index (χ4n) is 2.14. The highest BCUT2D eigenvalue weighted by Crippen LogP contribution is 2.12. The van der Waals surface area contributed by atoms with Gasteiger partial charge in [0.15, 0.2) is 0 Å². The average Bonchev–Trinajstić information content (AvgIpc) is 3.07. The van der Waals surface area contributed by atoms with E-state index in [1.54, 1.807) is 35.1 Å². The summed E-state index contributed by atoms with van der Waals surface area (Å²) < 4.78 is 1.78. The minimum absolute atomic E-state index is 0.146. The SMILES string of the molecule is O=C(NCc1cccc(-n2cccn2)c1)c1cccc(Cl)c1. The third-order valence-corrected chi connectivity index (χ3v) is 3.45. The zero-order chi connectivity index (χ0) is 15.4. The number of rotatable bonds is 4. The Morgan fingerprint density at radius 3 is 2.77 bits per heavy atom. The van der Waals surface area contributed by atoms with Crippen molar-refractivity contribution in [3.8, 4) is 5.69 Å². The Bertz CT molecular complexity index is 784. The number of benzene rings is 2. The van der Waals surface area contributed by atoms with E-state index in [9.17, 15) is 4.79 Å². The van der Waals surface area contributed by atoms with Crippen molar-refractivity contribution in [1.82, 2.24) is 15.1 Å². The number of nitrogens with zero attached hydrogens (tertiary/aromatic N) is 2. The molecule has 0 saturated heterocycles. The van der Waals surface area contributed by atoms with Crippen LogP contribution in [0.15, 0.2) is 67.0 Å². The average molecular weight is 312 g/mol. The second-order valence-electron chi connectivity index (χ2n) is 4.81. The van der Waals surface area contributed by atoms with Crippen LogP contribution >= 0.6 is 11.6 Å². The van der Waals surface area contributed by atoms with Gasteiger partial charge in [-0.2, -0.15) is 5.10 Å². The minimum Gasteiger partial charge on any atom is -0.348 e. The summed E-state index contributed by atoms with van der Waals surface area (Å²) in [6, 6.07) is 16.6. The van der Waals surface area contributed by atoms with Crippen molar-refractivity contribution in [2.75, 3.05) is 0 Å². The summed E-state index contributed by atoms with van der Waals surface area (Å²) in [4.78, 5) is 12.1. The molecule has 0 saturated carbocycles. The van der Waals surface area contributed by atoms with Crippen LogP contribution in [0.4, 0.5) is 0 Å². The Labute approximate surface area is 133 Å². The van der Waals surface area contributed by atoms with Crippen LogP contribution in [0.1, 0.15) is 15.9 Å². The van der Waals surface area contributed by atoms with Gasteiger partial charge in [-0.1, -0.05) is 29.8 Å². The molecule has 0 aliphatic carbocycles. The molecule has 0 atom stereocenters. The molecule has 3 aromatic rings. The highest BCUT2D eigenvalue weighted by atomic mass is 35.5. The van der Waals surface area contributed by atoms with Gasteiger partial charge in [0.05, 0.1) is 5.69 Å². The van der Waals surface area contributed by atoms with Crippen molar-refractivity contribution in [2.24, 2.45) is 0 Å². The molecule has 0 bridgehead atoms.